The normalized spacial score (nSPS) is 11.2. The molecule has 0 heterocycles. The standard InChI is InChI=1S/C13H18BrNO3/c1-9(2)15(5-6-16)8-11-4-3-10(13(17)18)7-12(11)14/h3-4,7,9,16H,5-6,8H2,1-2H3,(H,17,18). The minimum Gasteiger partial charge on any atom is -0.478 e. The highest BCUT2D eigenvalue weighted by Crippen LogP contribution is 2.21. The summed E-state index contributed by atoms with van der Waals surface area (Å²) >= 11 is 3.39. The first-order valence-corrected chi connectivity index (χ1v) is 6.61. The molecule has 1 aromatic carbocycles. The SMILES string of the molecule is CC(C)N(CCO)Cc1ccc(C(=O)O)cc1Br. The monoisotopic (exact) mass is 315 g/mol. The lowest BCUT2D eigenvalue weighted by Gasteiger charge is -2.26. The smallest absolute Gasteiger partial charge is 0.335 e. The molecule has 1 aromatic rings. The zero-order valence-electron chi connectivity index (χ0n) is 10.6. The third-order valence-electron chi connectivity index (χ3n) is 2.79. The van der Waals surface area contributed by atoms with Gasteiger partial charge in [-0.3, -0.25) is 4.90 Å². The third kappa shape index (κ3) is 4.08. The lowest BCUT2D eigenvalue weighted by atomic mass is 10.1. The van der Waals surface area contributed by atoms with Gasteiger partial charge in [-0.25, -0.2) is 4.79 Å². The molecular weight excluding hydrogens is 298 g/mol. The Kier molecular flexibility index (Phi) is 5.78. The Morgan fingerprint density at radius 3 is 2.56 bits per heavy atom. The Bertz CT molecular complexity index is 421. The second kappa shape index (κ2) is 6.87. The van der Waals surface area contributed by atoms with E-state index in [9.17, 15) is 4.79 Å². The molecule has 0 saturated carbocycles. The van der Waals surface area contributed by atoms with E-state index in [-0.39, 0.29) is 12.2 Å². The van der Waals surface area contributed by atoms with Crippen LogP contribution < -0.4 is 0 Å². The topological polar surface area (TPSA) is 60.8 Å². The lowest BCUT2D eigenvalue weighted by molar-refractivity contribution is 0.0696. The molecule has 0 unspecified atom stereocenters. The molecule has 2 N–H and O–H groups in total. The van der Waals surface area contributed by atoms with E-state index in [0.717, 1.165) is 10.0 Å². The van der Waals surface area contributed by atoms with Gasteiger partial charge in [-0.2, -0.15) is 0 Å². The number of aliphatic hydroxyl groups excluding tert-OH is 1. The van der Waals surface area contributed by atoms with Crippen molar-refractivity contribution in [1.29, 1.82) is 0 Å². The number of aliphatic hydroxyl groups is 1. The number of rotatable bonds is 6. The number of carbonyl (C=O) groups is 1. The van der Waals surface area contributed by atoms with Gasteiger partial charge in [-0.1, -0.05) is 22.0 Å². The van der Waals surface area contributed by atoms with Crippen LogP contribution in [0.15, 0.2) is 22.7 Å². The first-order chi connectivity index (χ1) is 8.45. The molecule has 0 aliphatic carbocycles. The summed E-state index contributed by atoms with van der Waals surface area (Å²) in [7, 11) is 0. The molecule has 5 heteroatoms. The van der Waals surface area contributed by atoms with Gasteiger partial charge in [0.05, 0.1) is 12.2 Å². The zero-order chi connectivity index (χ0) is 13.7. The van der Waals surface area contributed by atoms with Crippen molar-refractivity contribution in [3.8, 4) is 0 Å². The van der Waals surface area contributed by atoms with Crippen molar-refractivity contribution in [3.63, 3.8) is 0 Å². The maximum atomic E-state index is 10.8. The van der Waals surface area contributed by atoms with E-state index in [1.807, 2.05) is 0 Å². The Balaban J connectivity index is 2.86. The average molecular weight is 316 g/mol. The van der Waals surface area contributed by atoms with Crippen molar-refractivity contribution in [2.75, 3.05) is 13.2 Å². The molecule has 0 aliphatic heterocycles. The summed E-state index contributed by atoms with van der Waals surface area (Å²) in [6.07, 6.45) is 0. The van der Waals surface area contributed by atoms with Gasteiger partial charge in [-0.15, -0.1) is 0 Å². The van der Waals surface area contributed by atoms with Crippen LogP contribution in [0.2, 0.25) is 0 Å². The van der Waals surface area contributed by atoms with Crippen LogP contribution in [0.25, 0.3) is 0 Å². The van der Waals surface area contributed by atoms with Crippen LogP contribution in [0, 0.1) is 0 Å². The van der Waals surface area contributed by atoms with Crippen molar-refractivity contribution in [2.45, 2.75) is 26.4 Å². The molecule has 0 bridgehead atoms. The highest BCUT2D eigenvalue weighted by Gasteiger charge is 2.12. The van der Waals surface area contributed by atoms with Gasteiger partial charge in [0.2, 0.25) is 0 Å². The fourth-order valence-electron chi connectivity index (χ4n) is 1.68. The second-order valence-electron chi connectivity index (χ2n) is 4.40. The maximum Gasteiger partial charge on any atom is 0.335 e. The summed E-state index contributed by atoms with van der Waals surface area (Å²) in [4.78, 5) is 13.0. The summed E-state index contributed by atoms with van der Waals surface area (Å²) < 4.78 is 0.783. The van der Waals surface area contributed by atoms with Crippen LogP contribution in [-0.2, 0) is 6.54 Å². The van der Waals surface area contributed by atoms with Crippen molar-refractivity contribution in [2.24, 2.45) is 0 Å². The first-order valence-electron chi connectivity index (χ1n) is 5.82. The third-order valence-corrected chi connectivity index (χ3v) is 3.53. The summed E-state index contributed by atoms with van der Waals surface area (Å²) in [5.74, 6) is -0.932. The van der Waals surface area contributed by atoms with E-state index in [2.05, 4.69) is 34.7 Å². The van der Waals surface area contributed by atoms with Crippen LogP contribution in [0.3, 0.4) is 0 Å². The Labute approximate surface area is 115 Å². The minimum atomic E-state index is -0.932. The maximum absolute atomic E-state index is 10.8. The number of hydrogen-bond donors (Lipinski definition) is 2. The van der Waals surface area contributed by atoms with E-state index in [1.54, 1.807) is 18.2 Å². The van der Waals surface area contributed by atoms with Gasteiger partial charge in [0, 0.05) is 23.6 Å². The fourth-order valence-corrected chi connectivity index (χ4v) is 2.18. The predicted octanol–water partition coefficient (Wildman–Crippen LogP) is 2.35. The molecule has 0 fully saturated rings. The fraction of sp³-hybridized carbons (Fsp3) is 0.462. The number of carboxylic acid groups (broad SMARTS) is 1. The number of nitrogens with zero attached hydrogens (tertiary/aromatic N) is 1. The van der Waals surface area contributed by atoms with E-state index >= 15 is 0 Å². The van der Waals surface area contributed by atoms with Gasteiger partial charge in [0.25, 0.3) is 0 Å². The number of hydrogen-bond acceptors (Lipinski definition) is 3. The molecule has 0 aromatic heterocycles. The van der Waals surface area contributed by atoms with Crippen LogP contribution in [0.5, 0.6) is 0 Å². The highest BCUT2D eigenvalue weighted by molar-refractivity contribution is 9.10. The summed E-state index contributed by atoms with van der Waals surface area (Å²) in [6.45, 7) is 5.52. The Morgan fingerprint density at radius 2 is 2.11 bits per heavy atom. The van der Waals surface area contributed by atoms with Crippen LogP contribution in [0.1, 0.15) is 29.8 Å². The molecule has 0 atom stereocenters. The van der Waals surface area contributed by atoms with Gasteiger partial charge in [-0.05, 0) is 31.5 Å². The molecule has 1 rings (SSSR count). The second-order valence-corrected chi connectivity index (χ2v) is 5.25. The quantitative estimate of drug-likeness (QED) is 0.846. The van der Waals surface area contributed by atoms with Crippen molar-refractivity contribution in [3.05, 3.63) is 33.8 Å². The van der Waals surface area contributed by atoms with E-state index < -0.39 is 5.97 Å². The largest absolute Gasteiger partial charge is 0.478 e. The molecule has 0 spiro atoms. The molecule has 18 heavy (non-hydrogen) atoms. The van der Waals surface area contributed by atoms with E-state index in [1.165, 1.54) is 0 Å². The molecule has 0 aliphatic rings. The van der Waals surface area contributed by atoms with E-state index in [4.69, 9.17) is 10.2 Å². The molecule has 0 amide bonds. The van der Waals surface area contributed by atoms with Crippen molar-refractivity contribution in [1.82, 2.24) is 4.90 Å². The number of halogens is 1. The van der Waals surface area contributed by atoms with Crippen LogP contribution in [-0.4, -0.2) is 40.3 Å². The van der Waals surface area contributed by atoms with Gasteiger partial charge < -0.3 is 10.2 Å². The molecule has 100 valence electrons. The number of benzene rings is 1. The van der Waals surface area contributed by atoms with Crippen LogP contribution in [0.4, 0.5) is 0 Å². The van der Waals surface area contributed by atoms with Crippen LogP contribution >= 0.6 is 15.9 Å². The van der Waals surface area contributed by atoms with Crippen molar-refractivity contribution < 1.29 is 15.0 Å². The number of carboxylic acids is 1. The molecule has 4 nitrogen and oxygen atoms in total. The molecule has 0 radical (unpaired) electrons. The van der Waals surface area contributed by atoms with E-state index in [0.29, 0.717) is 19.1 Å². The summed E-state index contributed by atoms with van der Waals surface area (Å²) in [6, 6.07) is 5.33. The van der Waals surface area contributed by atoms with Gasteiger partial charge >= 0.3 is 5.97 Å². The Morgan fingerprint density at radius 1 is 1.44 bits per heavy atom. The summed E-state index contributed by atoms with van der Waals surface area (Å²) in [5.41, 5.74) is 1.28. The highest BCUT2D eigenvalue weighted by atomic mass is 79.9. The lowest BCUT2D eigenvalue weighted by Crippen LogP contribution is -2.33. The summed E-state index contributed by atoms with van der Waals surface area (Å²) in [5, 5.41) is 17.9. The zero-order valence-corrected chi connectivity index (χ0v) is 12.1. The molecule has 0 saturated heterocycles. The Hall–Kier alpha value is -0.910. The average Bonchev–Trinajstić information content (AvgIpc) is 2.30. The van der Waals surface area contributed by atoms with Gasteiger partial charge in [0.1, 0.15) is 0 Å². The number of aromatic carboxylic acids is 1. The first kappa shape index (κ1) is 15.1. The predicted molar refractivity (Wildman–Crippen MR) is 73.7 cm³/mol. The van der Waals surface area contributed by atoms with Crippen molar-refractivity contribution >= 4 is 21.9 Å². The van der Waals surface area contributed by atoms with Gasteiger partial charge in [0.15, 0.2) is 0 Å². The minimum absolute atomic E-state index is 0.114. The molecular formula is C13H18BrNO3.